The van der Waals surface area contributed by atoms with Crippen LogP contribution in [0.5, 0.6) is 0 Å². The zero-order valence-electron chi connectivity index (χ0n) is 11.0. The zero-order valence-corrected chi connectivity index (χ0v) is 11.0. The molecule has 0 aliphatic rings. The molecular weight excluding hydrogens is 198 g/mol. The summed E-state index contributed by atoms with van der Waals surface area (Å²) in [4.78, 5) is 0. The van der Waals surface area contributed by atoms with Crippen molar-refractivity contribution in [2.24, 2.45) is 0 Å². The molecule has 2 heteroatoms. The van der Waals surface area contributed by atoms with E-state index in [9.17, 15) is 0 Å². The topological polar surface area (TPSA) is 21.3 Å². The van der Waals surface area contributed by atoms with Gasteiger partial charge in [0.15, 0.2) is 0 Å². The van der Waals surface area contributed by atoms with Gasteiger partial charge in [-0.3, -0.25) is 0 Å². The van der Waals surface area contributed by atoms with Gasteiger partial charge < -0.3 is 10.1 Å². The van der Waals surface area contributed by atoms with Gasteiger partial charge in [0.1, 0.15) is 0 Å². The quantitative estimate of drug-likeness (QED) is 0.825. The number of nitrogens with one attached hydrogen (secondary N) is 1. The first-order valence-electron chi connectivity index (χ1n) is 5.89. The van der Waals surface area contributed by atoms with E-state index in [1.165, 1.54) is 11.1 Å². The van der Waals surface area contributed by atoms with Crippen LogP contribution in [-0.4, -0.2) is 19.3 Å². The molecule has 2 nitrogen and oxygen atoms in total. The summed E-state index contributed by atoms with van der Waals surface area (Å²) < 4.78 is 5.83. The third kappa shape index (κ3) is 2.83. The SMILES string of the molecule is CCOC(C)(C)C(NC)c1ccccc1C. The van der Waals surface area contributed by atoms with Gasteiger partial charge in [-0.25, -0.2) is 0 Å². The Morgan fingerprint density at radius 3 is 2.44 bits per heavy atom. The average Bonchev–Trinajstić information content (AvgIpc) is 2.21. The molecule has 0 radical (unpaired) electrons. The van der Waals surface area contributed by atoms with Crippen molar-refractivity contribution < 1.29 is 4.74 Å². The second kappa shape index (κ2) is 5.46. The van der Waals surface area contributed by atoms with Crippen LogP contribution in [0.15, 0.2) is 24.3 Å². The van der Waals surface area contributed by atoms with Crippen molar-refractivity contribution in [1.29, 1.82) is 0 Å². The number of rotatable bonds is 5. The first-order valence-corrected chi connectivity index (χ1v) is 5.89. The van der Waals surface area contributed by atoms with Crippen LogP contribution in [0.4, 0.5) is 0 Å². The fourth-order valence-electron chi connectivity index (χ4n) is 2.24. The summed E-state index contributed by atoms with van der Waals surface area (Å²) in [6.07, 6.45) is 0. The maximum Gasteiger partial charge on any atom is 0.0820 e. The van der Waals surface area contributed by atoms with E-state index in [0.29, 0.717) is 0 Å². The van der Waals surface area contributed by atoms with E-state index in [2.05, 4.69) is 50.4 Å². The largest absolute Gasteiger partial charge is 0.374 e. The van der Waals surface area contributed by atoms with Crippen molar-refractivity contribution in [2.45, 2.75) is 39.3 Å². The second-order valence-corrected chi connectivity index (χ2v) is 4.61. The molecule has 1 unspecified atom stereocenters. The molecule has 1 aromatic rings. The Kier molecular flexibility index (Phi) is 4.51. The molecule has 1 aromatic carbocycles. The van der Waals surface area contributed by atoms with E-state index in [1.54, 1.807) is 0 Å². The van der Waals surface area contributed by atoms with E-state index < -0.39 is 0 Å². The summed E-state index contributed by atoms with van der Waals surface area (Å²) in [5, 5.41) is 3.36. The third-order valence-corrected chi connectivity index (χ3v) is 3.00. The molecule has 0 aromatic heterocycles. The summed E-state index contributed by atoms with van der Waals surface area (Å²) in [6.45, 7) is 9.17. The highest BCUT2D eigenvalue weighted by Crippen LogP contribution is 2.30. The molecule has 0 saturated carbocycles. The van der Waals surface area contributed by atoms with Gasteiger partial charge in [0.2, 0.25) is 0 Å². The number of aryl methyl sites for hydroxylation is 1. The van der Waals surface area contributed by atoms with E-state index >= 15 is 0 Å². The second-order valence-electron chi connectivity index (χ2n) is 4.61. The smallest absolute Gasteiger partial charge is 0.0820 e. The molecule has 0 aliphatic heterocycles. The molecule has 0 aliphatic carbocycles. The molecule has 0 spiro atoms. The lowest BCUT2D eigenvalue weighted by Crippen LogP contribution is -2.40. The van der Waals surface area contributed by atoms with Crippen LogP contribution in [0.3, 0.4) is 0 Å². The predicted octanol–water partition coefficient (Wildman–Crippen LogP) is 3.07. The molecule has 90 valence electrons. The lowest BCUT2D eigenvalue weighted by atomic mass is 9.89. The van der Waals surface area contributed by atoms with Crippen molar-refractivity contribution >= 4 is 0 Å². The molecule has 1 atom stereocenters. The highest BCUT2D eigenvalue weighted by atomic mass is 16.5. The number of hydrogen-bond acceptors (Lipinski definition) is 2. The van der Waals surface area contributed by atoms with Crippen LogP contribution in [-0.2, 0) is 4.74 Å². The normalized spacial score (nSPS) is 13.8. The van der Waals surface area contributed by atoms with Gasteiger partial charge in [-0.2, -0.15) is 0 Å². The van der Waals surface area contributed by atoms with Crippen LogP contribution >= 0.6 is 0 Å². The summed E-state index contributed by atoms with van der Waals surface area (Å²) in [5.41, 5.74) is 2.41. The van der Waals surface area contributed by atoms with E-state index in [-0.39, 0.29) is 11.6 Å². The van der Waals surface area contributed by atoms with Gasteiger partial charge in [-0.05, 0) is 45.9 Å². The maximum absolute atomic E-state index is 5.83. The van der Waals surface area contributed by atoms with E-state index in [0.717, 1.165) is 6.61 Å². The summed E-state index contributed by atoms with van der Waals surface area (Å²) in [6, 6.07) is 8.67. The molecule has 1 rings (SSSR count). The summed E-state index contributed by atoms with van der Waals surface area (Å²) >= 11 is 0. The van der Waals surface area contributed by atoms with Crippen LogP contribution < -0.4 is 5.32 Å². The minimum Gasteiger partial charge on any atom is -0.374 e. The van der Waals surface area contributed by atoms with Gasteiger partial charge >= 0.3 is 0 Å². The molecule has 0 saturated heterocycles. The summed E-state index contributed by atoms with van der Waals surface area (Å²) in [5.74, 6) is 0. The molecule has 0 fully saturated rings. The Bertz CT molecular complexity index is 333. The number of ether oxygens (including phenoxy) is 1. The third-order valence-electron chi connectivity index (χ3n) is 3.00. The first-order chi connectivity index (χ1) is 7.53. The van der Waals surface area contributed by atoms with E-state index in [4.69, 9.17) is 4.74 Å². The Hall–Kier alpha value is -0.860. The Morgan fingerprint density at radius 2 is 1.94 bits per heavy atom. The van der Waals surface area contributed by atoms with Crippen molar-refractivity contribution in [3.05, 3.63) is 35.4 Å². The van der Waals surface area contributed by atoms with Gasteiger partial charge in [-0.1, -0.05) is 24.3 Å². The standard InChI is InChI=1S/C14H23NO/c1-6-16-14(3,4)13(15-5)12-10-8-7-9-11(12)2/h7-10,13,15H,6H2,1-5H3. The van der Waals surface area contributed by atoms with Crippen LogP contribution in [0.25, 0.3) is 0 Å². The van der Waals surface area contributed by atoms with Crippen LogP contribution in [0, 0.1) is 6.92 Å². The van der Waals surface area contributed by atoms with E-state index in [1.807, 2.05) is 14.0 Å². The van der Waals surface area contributed by atoms with Gasteiger partial charge in [0, 0.05) is 6.61 Å². The predicted molar refractivity (Wildman–Crippen MR) is 68.7 cm³/mol. The minimum atomic E-state index is -0.199. The van der Waals surface area contributed by atoms with Crippen molar-refractivity contribution in [3.63, 3.8) is 0 Å². The molecule has 16 heavy (non-hydrogen) atoms. The monoisotopic (exact) mass is 221 g/mol. The van der Waals surface area contributed by atoms with Crippen LogP contribution in [0.1, 0.15) is 37.9 Å². The Labute approximate surface area is 99.0 Å². The fourth-order valence-corrected chi connectivity index (χ4v) is 2.24. The molecule has 0 amide bonds. The molecule has 1 N–H and O–H groups in total. The van der Waals surface area contributed by atoms with Crippen molar-refractivity contribution in [2.75, 3.05) is 13.7 Å². The molecule has 0 heterocycles. The lowest BCUT2D eigenvalue weighted by molar-refractivity contribution is -0.0376. The maximum atomic E-state index is 5.83. The Balaban J connectivity index is 3.03. The fraction of sp³-hybridized carbons (Fsp3) is 0.571. The van der Waals surface area contributed by atoms with Crippen molar-refractivity contribution in [1.82, 2.24) is 5.32 Å². The lowest BCUT2D eigenvalue weighted by Gasteiger charge is -2.35. The zero-order chi connectivity index (χ0) is 12.2. The summed E-state index contributed by atoms with van der Waals surface area (Å²) in [7, 11) is 1.98. The number of benzene rings is 1. The van der Waals surface area contributed by atoms with Crippen LogP contribution in [0.2, 0.25) is 0 Å². The highest BCUT2D eigenvalue weighted by molar-refractivity contribution is 5.30. The van der Waals surface area contributed by atoms with Gasteiger partial charge in [0.25, 0.3) is 0 Å². The molecule has 0 bridgehead atoms. The van der Waals surface area contributed by atoms with Gasteiger partial charge in [-0.15, -0.1) is 0 Å². The van der Waals surface area contributed by atoms with Crippen molar-refractivity contribution in [3.8, 4) is 0 Å². The molecular formula is C14H23NO. The average molecular weight is 221 g/mol. The van der Waals surface area contributed by atoms with Gasteiger partial charge in [0.05, 0.1) is 11.6 Å². The Morgan fingerprint density at radius 1 is 1.31 bits per heavy atom. The number of hydrogen-bond donors (Lipinski definition) is 1. The minimum absolute atomic E-state index is 0.199. The first kappa shape index (κ1) is 13.2. The highest BCUT2D eigenvalue weighted by Gasteiger charge is 2.30. The number of likely N-dealkylation sites (N-methyl/N-ethyl adjacent to an activating group) is 1.